The van der Waals surface area contributed by atoms with Crippen molar-refractivity contribution in [1.29, 1.82) is 0 Å². The monoisotopic (exact) mass is 283 g/mol. The summed E-state index contributed by atoms with van der Waals surface area (Å²) in [5, 5.41) is 0.794. The van der Waals surface area contributed by atoms with Gasteiger partial charge in [0.15, 0.2) is 0 Å². The van der Waals surface area contributed by atoms with Crippen LogP contribution in [0.3, 0.4) is 0 Å². The van der Waals surface area contributed by atoms with E-state index in [1.165, 1.54) is 0 Å². The van der Waals surface area contributed by atoms with Gasteiger partial charge < -0.3 is 15.5 Å². The van der Waals surface area contributed by atoms with Crippen molar-refractivity contribution in [3.63, 3.8) is 0 Å². The third-order valence-corrected chi connectivity index (χ3v) is 3.31. The summed E-state index contributed by atoms with van der Waals surface area (Å²) in [6.07, 6.45) is 0. The van der Waals surface area contributed by atoms with Gasteiger partial charge in [0, 0.05) is 26.2 Å². The fourth-order valence-electron chi connectivity index (χ4n) is 2.13. The van der Waals surface area contributed by atoms with Gasteiger partial charge in [-0.3, -0.25) is 0 Å². The van der Waals surface area contributed by atoms with E-state index in [-0.39, 0.29) is 0 Å². The molecule has 108 valence electrons. The highest BCUT2D eigenvalue weighted by Gasteiger charge is 2.15. The van der Waals surface area contributed by atoms with Gasteiger partial charge in [-0.25, -0.2) is 0 Å². The fraction of sp³-hybridized carbons (Fsp3) is 0.600. The molecular weight excluding hydrogens is 258 g/mol. The Morgan fingerprint density at radius 3 is 2.42 bits per heavy atom. The molecule has 4 heteroatoms. The van der Waals surface area contributed by atoms with Crippen LogP contribution in [-0.2, 0) is 6.54 Å². The molecule has 1 aromatic rings. The van der Waals surface area contributed by atoms with Gasteiger partial charge in [0.05, 0.1) is 10.7 Å². The molecule has 0 spiro atoms. The van der Waals surface area contributed by atoms with Crippen LogP contribution in [0.25, 0.3) is 0 Å². The molecule has 0 heterocycles. The lowest BCUT2D eigenvalue weighted by molar-refractivity contribution is 0.409. The number of benzene rings is 1. The van der Waals surface area contributed by atoms with E-state index in [2.05, 4.69) is 43.8 Å². The van der Waals surface area contributed by atoms with Crippen LogP contribution in [0.4, 0.5) is 5.69 Å². The highest BCUT2D eigenvalue weighted by Crippen LogP contribution is 2.30. The molecule has 0 aliphatic rings. The lowest BCUT2D eigenvalue weighted by Gasteiger charge is -2.30. The number of hydrogen-bond donors (Lipinski definition) is 1. The Hall–Kier alpha value is -0.770. The second-order valence-corrected chi connectivity index (χ2v) is 6.00. The second-order valence-electron chi connectivity index (χ2n) is 5.59. The SMILES string of the molecule is CC(C)CN(CCN(C)C)c1c(Cl)cccc1CN. The summed E-state index contributed by atoms with van der Waals surface area (Å²) in [4.78, 5) is 4.54. The normalized spacial score (nSPS) is 11.4. The molecule has 0 amide bonds. The van der Waals surface area contributed by atoms with E-state index in [4.69, 9.17) is 17.3 Å². The Morgan fingerprint density at radius 1 is 1.21 bits per heavy atom. The van der Waals surface area contributed by atoms with Crippen molar-refractivity contribution in [3.8, 4) is 0 Å². The van der Waals surface area contributed by atoms with E-state index < -0.39 is 0 Å². The first kappa shape index (κ1) is 16.3. The molecule has 0 atom stereocenters. The zero-order valence-corrected chi connectivity index (χ0v) is 13.2. The maximum Gasteiger partial charge on any atom is 0.0642 e. The Kier molecular flexibility index (Phi) is 6.63. The molecule has 0 unspecified atom stereocenters. The molecule has 3 nitrogen and oxygen atoms in total. The van der Waals surface area contributed by atoms with E-state index >= 15 is 0 Å². The van der Waals surface area contributed by atoms with Crippen LogP contribution in [0.5, 0.6) is 0 Å². The quantitative estimate of drug-likeness (QED) is 0.835. The number of para-hydroxylation sites is 1. The van der Waals surface area contributed by atoms with E-state index in [1.54, 1.807) is 0 Å². The molecule has 0 aliphatic carbocycles. The first-order valence-electron chi connectivity index (χ1n) is 6.82. The number of anilines is 1. The van der Waals surface area contributed by atoms with Crippen molar-refractivity contribution in [2.45, 2.75) is 20.4 Å². The minimum atomic E-state index is 0.520. The minimum Gasteiger partial charge on any atom is -0.369 e. The molecule has 1 rings (SSSR count). The zero-order valence-electron chi connectivity index (χ0n) is 12.5. The van der Waals surface area contributed by atoms with Gasteiger partial charge in [0.25, 0.3) is 0 Å². The Bertz CT molecular complexity index is 391. The van der Waals surface area contributed by atoms with Crippen molar-refractivity contribution < 1.29 is 0 Å². The fourth-order valence-corrected chi connectivity index (χ4v) is 2.45. The number of halogens is 1. The molecule has 0 aromatic heterocycles. The van der Waals surface area contributed by atoms with Crippen molar-refractivity contribution >= 4 is 17.3 Å². The molecule has 19 heavy (non-hydrogen) atoms. The number of nitrogens with two attached hydrogens (primary N) is 1. The predicted molar refractivity (Wildman–Crippen MR) is 84.9 cm³/mol. The van der Waals surface area contributed by atoms with Crippen molar-refractivity contribution in [3.05, 3.63) is 28.8 Å². The minimum absolute atomic E-state index is 0.520. The third kappa shape index (κ3) is 5.01. The third-order valence-electron chi connectivity index (χ3n) is 3.01. The van der Waals surface area contributed by atoms with Gasteiger partial charge in [-0.2, -0.15) is 0 Å². The Labute approximate surface area is 122 Å². The maximum atomic E-state index is 6.39. The van der Waals surface area contributed by atoms with E-state index in [0.29, 0.717) is 12.5 Å². The summed E-state index contributed by atoms with van der Waals surface area (Å²) in [7, 11) is 4.17. The molecule has 0 fully saturated rings. The molecule has 2 N–H and O–H groups in total. The standard InChI is InChI=1S/C15H26ClN3/c1-12(2)11-19(9-8-18(3)4)15-13(10-17)6-5-7-14(15)16/h5-7,12H,8-11,17H2,1-4H3. The average Bonchev–Trinajstić information content (AvgIpc) is 2.33. The lowest BCUT2D eigenvalue weighted by Crippen LogP contribution is -2.35. The van der Waals surface area contributed by atoms with Crippen LogP contribution < -0.4 is 10.6 Å². The van der Waals surface area contributed by atoms with Crippen LogP contribution in [0.1, 0.15) is 19.4 Å². The first-order chi connectivity index (χ1) is 8.95. The second kappa shape index (κ2) is 7.73. The van der Waals surface area contributed by atoms with Crippen LogP contribution >= 0.6 is 11.6 Å². The molecular formula is C15H26ClN3. The average molecular weight is 284 g/mol. The lowest BCUT2D eigenvalue weighted by atomic mass is 10.1. The summed E-state index contributed by atoms with van der Waals surface area (Å²) in [6, 6.07) is 5.97. The first-order valence-corrected chi connectivity index (χ1v) is 7.20. The Morgan fingerprint density at radius 2 is 1.89 bits per heavy atom. The number of nitrogens with zero attached hydrogens (tertiary/aromatic N) is 2. The summed E-state index contributed by atoms with van der Waals surface area (Å²) in [5.74, 6) is 0.587. The van der Waals surface area contributed by atoms with Gasteiger partial charge in [-0.05, 0) is 31.6 Å². The predicted octanol–water partition coefficient (Wildman–Crippen LogP) is 2.82. The van der Waals surface area contributed by atoms with Crippen molar-refractivity contribution in [1.82, 2.24) is 4.90 Å². The number of rotatable bonds is 7. The van der Waals surface area contributed by atoms with E-state index in [1.807, 2.05) is 12.1 Å². The molecule has 0 saturated heterocycles. The molecule has 0 saturated carbocycles. The molecule has 1 aromatic carbocycles. The Balaban J connectivity index is 3.01. The van der Waals surface area contributed by atoms with Gasteiger partial charge >= 0.3 is 0 Å². The van der Waals surface area contributed by atoms with Gasteiger partial charge in [-0.1, -0.05) is 37.6 Å². The number of hydrogen-bond acceptors (Lipinski definition) is 3. The molecule has 0 bridgehead atoms. The van der Waals surface area contributed by atoms with Crippen LogP contribution in [0.15, 0.2) is 18.2 Å². The van der Waals surface area contributed by atoms with Crippen LogP contribution in [0.2, 0.25) is 5.02 Å². The number of likely N-dealkylation sites (N-methyl/N-ethyl adjacent to an activating group) is 1. The maximum absolute atomic E-state index is 6.39. The molecule has 0 radical (unpaired) electrons. The highest BCUT2D eigenvalue weighted by molar-refractivity contribution is 6.33. The van der Waals surface area contributed by atoms with Crippen molar-refractivity contribution in [2.75, 3.05) is 38.6 Å². The van der Waals surface area contributed by atoms with Crippen LogP contribution in [0, 0.1) is 5.92 Å². The van der Waals surface area contributed by atoms with Gasteiger partial charge in [0.1, 0.15) is 0 Å². The van der Waals surface area contributed by atoms with E-state index in [0.717, 1.165) is 35.9 Å². The van der Waals surface area contributed by atoms with Gasteiger partial charge in [-0.15, -0.1) is 0 Å². The smallest absolute Gasteiger partial charge is 0.0642 e. The zero-order chi connectivity index (χ0) is 14.4. The summed E-state index contributed by atoms with van der Waals surface area (Å²) < 4.78 is 0. The highest BCUT2D eigenvalue weighted by atomic mass is 35.5. The summed E-state index contributed by atoms with van der Waals surface area (Å²) in [5.41, 5.74) is 8.07. The van der Waals surface area contributed by atoms with E-state index in [9.17, 15) is 0 Å². The van der Waals surface area contributed by atoms with Crippen LogP contribution in [-0.4, -0.2) is 38.6 Å². The largest absolute Gasteiger partial charge is 0.369 e. The van der Waals surface area contributed by atoms with Crippen molar-refractivity contribution in [2.24, 2.45) is 11.7 Å². The topological polar surface area (TPSA) is 32.5 Å². The summed E-state index contributed by atoms with van der Waals surface area (Å²) in [6.45, 7) is 7.92. The van der Waals surface area contributed by atoms with Gasteiger partial charge in [0.2, 0.25) is 0 Å². The summed E-state index contributed by atoms with van der Waals surface area (Å²) >= 11 is 6.39. The molecule has 0 aliphatic heterocycles.